The number of benzene rings is 2. The Labute approximate surface area is 222 Å². The van der Waals surface area contributed by atoms with Crippen LogP contribution in [0.25, 0.3) is 10.8 Å². The number of rotatable bonds is 7. The zero-order chi connectivity index (χ0) is 26.9. The molecule has 1 aliphatic carbocycles. The second-order valence-corrected chi connectivity index (χ2v) is 11.2. The van der Waals surface area contributed by atoms with Crippen LogP contribution in [0.2, 0.25) is 0 Å². The van der Waals surface area contributed by atoms with Crippen LogP contribution >= 0.6 is 0 Å². The van der Waals surface area contributed by atoms with Crippen molar-refractivity contribution in [2.75, 3.05) is 7.11 Å². The van der Waals surface area contributed by atoms with E-state index in [1.807, 2.05) is 48.5 Å². The van der Waals surface area contributed by atoms with E-state index in [0.717, 1.165) is 22.8 Å². The van der Waals surface area contributed by atoms with Crippen LogP contribution in [0.15, 0.2) is 77.1 Å². The number of esters is 1. The predicted octanol–water partition coefficient (Wildman–Crippen LogP) is 5.35. The molecule has 1 aliphatic heterocycles. The van der Waals surface area contributed by atoms with Gasteiger partial charge in [-0.25, -0.2) is 0 Å². The summed E-state index contributed by atoms with van der Waals surface area (Å²) in [5.41, 5.74) is 0.515. The molecule has 0 bridgehead atoms. The monoisotopic (exact) mass is 514 g/mol. The third-order valence-electron chi connectivity index (χ3n) is 7.88. The Balaban J connectivity index is 1.41. The van der Waals surface area contributed by atoms with Gasteiger partial charge in [0.1, 0.15) is 11.2 Å². The second kappa shape index (κ2) is 10.1. The van der Waals surface area contributed by atoms with Crippen LogP contribution in [0.3, 0.4) is 0 Å². The average Bonchev–Trinajstić information content (AvgIpc) is 3.42. The quantitative estimate of drug-likeness (QED) is 0.429. The molecule has 1 aromatic heterocycles. The molecule has 7 heteroatoms. The van der Waals surface area contributed by atoms with Gasteiger partial charge >= 0.3 is 5.97 Å². The molecular weight excluding hydrogens is 480 g/mol. The minimum atomic E-state index is -1.00. The first-order valence-electron chi connectivity index (χ1n) is 13.1. The molecule has 1 saturated heterocycles. The van der Waals surface area contributed by atoms with Crippen molar-refractivity contribution in [3.05, 3.63) is 84.0 Å². The molecule has 2 atom stereocenters. The fraction of sp³-hybridized carbons (Fsp3) is 0.387. The van der Waals surface area contributed by atoms with Gasteiger partial charge in [0.2, 0.25) is 11.8 Å². The van der Waals surface area contributed by atoms with Crippen LogP contribution in [0.4, 0.5) is 0 Å². The van der Waals surface area contributed by atoms with Gasteiger partial charge in [-0.1, -0.05) is 62.4 Å². The van der Waals surface area contributed by atoms with Gasteiger partial charge < -0.3 is 19.4 Å². The van der Waals surface area contributed by atoms with Crippen molar-refractivity contribution >= 4 is 28.6 Å². The Kier molecular flexibility index (Phi) is 6.86. The number of methoxy groups -OCH3 is 1. The number of nitrogens with one attached hydrogen (secondary N) is 1. The molecule has 2 heterocycles. The van der Waals surface area contributed by atoms with Crippen molar-refractivity contribution in [1.82, 2.24) is 10.2 Å². The normalized spacial score (nSPS) is 22.5. The summed E-state index contributed by atoms with van der Waals surface area (Å²) < 4.78 is 10.9. The van der Waals surface area contributed by atoms with Crippen LogP contribution < -0.4 is 5.32 Å². The lowest BCUT2D eigenvalue weighted by molar-refractivity contribution is -0.162. The third kappa shape index (κ3) is 4.85. The number of fused-ring (bicyclic) bond motifs is 2. The topological polar surface area (TPSA) is 88.8 Å². The van der Waals surface area contributed by atoms with E-state index in [4.69, 9.17) is 9.15 Å². The van der Waals surface area contributed by atoms with E-state index in [2.05, 4.69) is 19.2 Å². The fourth-order valence-electron chi connectivity index (χ4n) is 6.21. The Morgan fingerprint density at radius 2 is 1.89 bits per heavy atom. The first-order chi connectivity index (χ1) is 18.2. The zero-order valence-corrected chi connectivity index (χ0v) is 22.2. The first kappa shape index (κ1) is 25.8. The van der Waals surface area contributed by atoms with Crippen LogP contribution in [-0.4, -0.2) is 29.8 Å². The molecule has 198 valence electrons. The molecule has 1 N–H and O–H groups in total. The molecule has 7 nitrogen and oxygen atoms in total. The van der Waals surface area contributed by atoms with Gasteiger partial charge in [-0.3, -0.25) is 14.4 Å². The Hall–Kier alpha value is -3.87. The summed E-state index contributed by atoms with van der Waals surface area (Å²) in [6, 6.07) is 17.6. The number of hydrogen-bond donors (Lipinski definition) is 1. The summed E-state index contributed by atoms with van der Waals surface area (Å²) in [5.74, 6) is -0.815. The molecule has 0 radical (unpaired) electrons. The average molecular weight is 515 g/mol. The Bertz CT molecular complexity index is 1390. The maximum atomic E-state index is 13.8. The summed E-state index contributed by atoms with van der Waals surface area (Å²) in [6.45, 7) is 4.79. The molecule has 2 aliphatic rings. The van der Waals surface area contributed by atoms with Crippen LogP contribution in [0.5, 0.6) is 0 Å². The molecule has 1 fully saturated rings. The molecule has 5 rings (SSSR count). The van der Waals surface area contributed by atoms with E-state index in [1.54, 1.807) is 23.3 Å². The minimum Gasteiger partial charge on any atom is -0.468 e. The highest BCUT2D eigenvalue weighted by Gasteiger charge is 2.57. The number of carbonyl (C=O) groups is 3. The third-order valence-corrected chi connectivity index (χ3v) is 7.88. The number of ether oxygens (including phenoxy) is 1. The first-order valence-corrected chi connectivity index (χ1v) is 13.1. The minimum absolute atomic E-state index is 0.00922. The molecule has 0 saturated carbocycles. The zero-order valence-electron chi connectivity index (χ0n) is 22.2. The number of allylic oxidation sites excluding steroid dienone is 1. The smallest absolute Gasteiger partial charge is 0.317 e. The van der Waals surface area contributed by atoms with Crippen molar-refractivity contribution in [3.63, 3.8) is 0 Å². The summed E-state index contributed by atoms with van der Waals surface area (Å²) in [4.78, 5) is 42.0. The maximum Gasteiger partial charge on any atom is 0.317 e. The van der Waals surface area contributed by atoms with E-state index in [9.17, 15) is 14.4 Å². The largest absolute Gasteiger partial charge is 0.468 e. The second-order valence-electron chi connectivity index (χ2n) is 11.2. The van der Waals surface area contributed by atoms with E-state index in [-0.39, 0.29) is 42.6 Å². The summed E-state index contributed by atoms with van der Waals surface area (Å²) in [7, 11) is 1.38. The predicted molar refractivity (Wildman–Crippen MR) is 143 cm³/mol. The van der Waals surface area contributed by atoms with Crippen molar-refractivity contribution in [2.24, 2.45) is 16.7 Å². The number of likely N-dealkylation sites (tertiary alicyclic amines) is 1. The lowest BCUT2D eigenvalue weighted by Gasteiger charge is -2.51. The standard InChI is InChI=1S/C31H34N2O5/c1-30(2)14-13-26-31(20-30,29(36)37-3)17-23(28(35)33(26)19-24-11-7-15-38-24)16-27(34)32-18-22-10-6-9-21-8-4-5-12-25(21)22/h4-13,15,23H,14,16-20H2,1-3H3,(H,32,34)/t23-,31-/m1/s1. The van der Waals surface area contributed by atoms with Gasteiger partial charge in [-0.15, -0.1) is 0 Å². The molecule has 38 heavy (non-hydrogen) atoms. The van der Waals surface area contributed by atoms with E-state index in [1.165, 1.54) is 7.11 Å². The number of furan rings is 1. The number of amides is 2. The fourth-order valence-corrected chi connectivity index (χ4v) is 6.21. The van der Waals surface area contributed by atoms with Gasteiger partial charge in [0.15, 0.2) is 0 Å². The van der Waals surface area contributed by atoms with Crippen molar-refractivity contribution < 1.29 is 23.5 Å². The number of carbonyl (C=O) groups excluding carboxylic acids is 3. The SMILES string of the molecule is COC(=O)[C@@]12C[C@@H](CC(=O)NCc3cccc4ccccc34)C(=O)N(Cc3ccco3)C1=CCC(C)(C)C2. The van der Waals surface area contributed by atoms with Crippen LogP contribution in [-0.2, 0) is 32.2 Å². The summed E-state index contributed by atoms with van der Waals surface area (Å²) in [5, 5.41) is 5.19. The highest BCUT2D eigenvalue weighted by Crippen LogP contribution is 2.55. The molecule has 0 spiro atoms. The lowest BCUT2D eigenvalue weighted by atomic mass is 9.59. The molecule has 2 aromatic carbocycles. The van der Waals surface area contributed by atoms with Gasteiger partial charge in [-0.2, -0.15) is 0 Å². The number of nitrogens with zero attached hydrogens (tertiary/aromatic N) is 1. The van der Waals surface area contributed by atoms with Crippen molar-refractivity contribution in [2.45, 2.75) is 52.6 Å². The number of hydrogen-bond acceptors (Lipinski definition) is 5. The van der Waals surface area contributed by atoms with E-state index >= 15 is 0 Å². The lowest BCUT2D eigenvalue weighted by Crippen LogP contribution is -2.55. The number of piperidine rings is 1. The van der Waals surface area contributed by atoms with Gasteiger partial charge in [-0.05, 0) is 53.1 Å². The van der Waals surface area contributed by atoms with Gasteiger partial charge in [0, 0.05) is 24.6 Å². The molecule has 3 aromatic rings. The van der Waals surface area contributed by atoms with Gasteiger partial charge in [0.05, 0.1) is 19.9 Å². The highest BCUT2D eigenvalue weighted by atomic mass is 16.5. The highest BCUT2D eigenvalue weighted by molar-refractivity contribution is 5.92. The summed E-state index contributed by atoms with van der Waals surface area (Å²) in [6.07, 6.45) is 5.06. The Morgan fingerprint density at radius 3 is 2.66 bits per heavy atom. The van der Waals surface area contributed by atoms with E-state index < -0.39 is 11.3 Å². The van der Waals surface area contributed by atoms with Crippen molar-refractivity contribution in [3.8, 4) is 0 Å². The van der Waals surface area contributed by atoms with E-state index in [0.29, 0.717) is 24.4 Å². The molecule has 2 amide bonds. The maximum absolute atomic E-state index is 13.8. The molecule has 0 unspecified atom stereocenters. The molecular formula is C31H34N2O5. The van der Waals surface area contributed by atoms with Crippen molar-refractivity contribution in [1.29, 1.82) is 0 Å². The Morgan fingerprint density at radius 1 is 1.11 bits per heavy atom. The van der Waals surface area contributed by atoms with Crippen LogP contribution in [0, 0.1) is 16.7 Å². The van der Waals surface area contributed by atoms with Crippen LogP contribution in [0.1, 0.15) is 50.9 Å². The van der Waals surface area contributed by atoms with Gasteiger partial charge in [0.25, 0.3) is 0 Å². The summed E-state index contributed by atoms with van der Waals surface area (Å²) >= 11 is 0.